The number of benzene rings is 1. The smallest absolute Gasteiger partial charge is 0.0364 e. The predicted octanol–water partition coefficient (Wildman–Crippen LogP) is 2.60. The molecular formula is C12H20NP. The van der Waals surface area contributed by atoms with Gasteiger partial charge in [0.05, 0.1) is 0 Å². The summed E-state index contributed by atoms with van der Waals surface area (Å²) in [5, 5.41) is 1.34. The standard InChI is InChI=1S/C12H20NP/c1-4-5-6-10-9-11(13(2)3)7-8-12(10)14/h7-9H,4-6,14H2,1-3H3. The topological polar surface area (TPSA) is 3.24 Å². The van der Waals surface area contributed by atoms with E-state index in [1.807, 2.05) is 0 Å². The Labute approximate surface area is 89.7 Å². The van der Waals surface area contributed by atoms with E-state index < -0.39 is 0 Å². The van der Waals surface area contributed by atoms with Crippen LogP contribution in [0.25, 0.3) is 0 Å². The molecule has 0 heterocycles. The number of rotatable bonds is 4. The Morgan fingerprint density at radius 1 is 1.29 bits per heavy atom. The molecule has 14 heavy (non-hydrogen) atoms. The minimum atomic E-state index is 1.19. The van der Waals surface area contributed by atoms with Gasteiger partial charge in [-0.1, -0.05) is 19.4 Å². The lowest BCUT2D eigenvalue weighted by atomic mass is 10.1. The van der Waals surface area contributed by atoms with E-state index >= 15 is 0 Å². The van der Waals surface area contributed by atoms with Crippen molar-refractivity contribution in [2.75, 3.05) is 19.0 Å². The molecule has 2 heteroatoms. The number of anilines is 1. The molecule has 1 nitrogen and oxygen atoms in total. The average Bonchev–Trinajstić information content (AvgIpc) is 2.16. The highest BCUT2D eigenvalue weighted by Crippen LogP contribution is 2.15. The summed E-state index contributed by atoms with van der Waals surface area (Å²) in [6.07, 6.45) is 3.73. The fourth-order valence-electron chi connectivity index (χ4n) is 1.45. The van der Waals surface area contributed by atoms with E-state index in [9.17, 15) is 0 Å². The summed E-state index contributed by atoms with van der Waals surface area (Å²) in [4.78, 5) is 2.15. The molecule has 1 aromatic carbocycles. The highest BCUT2D eigenvalue weighted by atomic mass is 31.0. The zero-order valence-corrected chi connectivity index (χ0v) is 10.5. The van der Waals surface area contributed by atoms with E-state index in [-0.39, 0.29) is 0 Å². The summed E-state index contributed by atoms with van der Waals surface area (Å²) in [6.45, 7) is 2.23. The highest BCUT2D eigenvalue weighted by Gasteiger charge is 2.01. The lowest BCUT2D eigenvalue weighted by molar-refractivity contribution is 0.798. The number of unbranched alkanes of at least 4 members (excludes halogenated alkanes) is 1. The molecule has 1 unspecified atom stereocenters. The Morgan fingerprint density at radius 3 is 2.57 bits per heavy atom. The minimum Gasteiger partial charge on any atom is -0.378 e. The van der Waals surface area contributed by atoms with Crippen molar-refractivity contribution in [2.45, 2.75) is 26.2 Å². The SMILES string of the molecule is CCCCc1cc(N(C)C)ccc1P. The zero-order chi connectivity index (χ0) is 10.6. The fraction of sp³-hybridized carbons (Fsp3) is 0.500. The second kappa shape index (κ2) is 5.36. The van der Waals surface area contributed by atoms with Crippen molar-refractivity contribution < 1.29 is 0 Å². The van der Waals surface area contributed by atoms with Crippen LogP contribution in [0.3, 0.4) is 0 Å². The molecule has 0 aromatic heterocycles. The van der Waals surface area contributed by atoms with Gasteiger partial charge in [0, 0.05) is 19.8 Å². The largest absolute Gasteiger partial charge is 0.378 e. The normalized spacial score (nSPS) is 10.3. The third kappa shape index (κ3) is 2.99. The second-order valence-electron chi connectivity index (χ2n) is 3.88. The average molecular weight is 209 g/mol. The monoisotopic (exact) mass is 209 g/mol. The van der Waals surface area contributed by atoms with Gasteiger partial charge in [0.15, 0.2) is 0 Å². The van der Waals surface area contributed by atoms with Gasteiger partial charge in [-0.3, -0.25) is 0 Å². The van der Waals surface area contributed by atoms with Crippen molar-refractivity contribution in [2.24, 2.45) is 0 Å². The number of hydrogen-bond donors (Lipinski definition) is 0. The lowest BCUT2D eigenvalue weighted by Gasteiger charge is -2.15. The predicted molar refractivity (Wildman–Crippen MR) is 68.7 cm³/mol. The van der Waals surface area contributed by atoms with Gasteiger partial charge in [-0.05, 0) is 35.8 Å². The van der Waals surface area contributed by atoms with Gasteiger partial charge in [0.25, 0.3) is 0 Å². The highest BCUT2D eigenvalue weighted by molar-refractivity contribution is 7.27. The van der Waals surface area contributed by atoms with Gasteiger partial charge in [0.1, 0.15) is 0 Å². The van der Waals surface area contributed by atoms with Crippen molar-refractivity contribution in [3.05, 3.63) is 23.8 Å². The maximum atomic E-state index is 2.82. The molecule has 78 valence electrons. The van der Waals surface area contributed by atoms with Crippen LogP contribution in [0.2, 0.25) is 0 Å². The van der Waals surface area contributed by atoms with E-state index in [0.29, 0.717) is 0 Å². The maximum absolute atomic E-state index is 2.82. The molecular weight excluding hydrogens is 189 g/mol. The third-order valence-electron chi connectivity index (χ3n) is 2.44. The molecule has 0 aliphatic rings. The third-order valence-corrected chi connectivity index (χ3v) is 3.01. The van der Waals surface area contributed by atoms with Crippen LogP contribution in [0.1, 0.15) is 25.3 Å². The fourth-order valence-corrected chi connectivity index (χ4v) is 1.78. The first-order valence-electron chi connectivity index (χ1n) is 5.21. The van der Waals surface area contributed by atoms with Crippen LogP contribution in [-0.4, -0.2) is 14.1 Å². The van der Waals surface area contributed by atoms with Crippen LogP contribution < -0.4 is 10.2 Å². The van der Waals surface area contributed by atoms with Gasteiger partial charge in [-0.15, -0.1) is 9.24 Å². The quantitative estimate of drug-likeness (QED) is 0.689. The van der Waals surface area contributed by atoms with E-state index in [4.69, 9.17) is 0 Å². The Hall–Kier alpha value is -0.550. The summed E-state index contributed by atoms with van der Waals surface area (Å²) >= 11 is 0. The maximum Gasteiger partial charge on any atom is 0.0364 e. The molecule has 1 aromatic rings. The minimum absolute atomic E-state index is 1.19. The van der Waals surface area contributed by atoms with Crippen molar-refractivity contribution in [1.29, 1.82) is 0 Å². The Kier molecular flexibility index (Phi) is 4.41. The first kappa shape index (κ1) is 11.5. The molecule has 0 spiro atoms. The summed E-state index contributed by atoms with van der Waals surface area (Å²) in [6, 6.07) is 6.64. The lowest BCUT2D eigenvalue weighted by Crippen LogP contribution is -2.11. The Bertz CT molecular complexity index is 294. The first-order chi connectivity index (χ1) is 6.65. The van der Waals surface area contributed by atoms with Crippen LogP contribution in [-0.2, 0) is 6.42 Å². The molecule has 0 amide bonds. The summed E-state index contributed by atoms with van der Waals surface area (Å²) in [5.41, 5.74) is 2.75. The zero-order valence-electron chi connectivity index (χ0n) is 9.38. The van der Waals surface area contributed by atoms with Crippen LogP contribution in [0.5, 0.6) is 0 Å². The Morgan fingerprint density at radius 2 is 2.00 bits per heavy atom. The summed E-state index contributed by atoms with van der Waals surface area (Å²) in [5.74, 6) is 0. The molecule has 0 saturated heterocycles. The van der Waals surface area contributed by atoms with Gasteiger partial charge >= 0.3 is 0 Å². The van der Waals surface area contributed by atoms with E-state index in [1.165, 1.54) is 35.8 Å². The molecule has 0 aliphatic heterocycles. The Balaban J connectivity index is 2.85. The van der Waals surface area contributed by atoms with Gasteiger partial charge in [0.2, 0.25) is 0 Å². The first-order valence-corrected chi connectivity index (χ1v) is 5.78. The summed E-state index contributed by atoms with van der Waals surface area (Å²) in [7, 11) is 6.99. The van der Waals surface area contributed by atoms with Gasteiger partial charge in [-0.2, -0.15) is 0 Å². The molecule has 0 fully saturated rings. The van der Waals surface area contributed by atoms with E-state index in [0.717, 1.165) is 0 Å². The van der Waals surface area contributed by atoms with Crippen LogP contribution in [0.4, 0.5) is 5.69 Å². The van der Waals surface area contributed by atoms with Crippen LogP contribution in [0.15, 0.2) is 18.2 Å². The van der Waals surface area contributed by atoms with Gasteiger partial charge < -0.3 is 4.90 Å². The van der Waals surface area contributed by atoms with Gasteiger partial charge in [-0.25, -0.2) is 0 Å². The molecule has 0 bridgehead atoms. The van der Waals surface area contributed by atoms with Crippen molar-refractivity contribution >= 4 is 20.2 Å². The van der Waals surface area contributed by atoms with E-state index in [1.54, 1.807) is 0 Å². The molecule has 1 rings (SSSR count). The van der Waals surface area contributed by atoms with Crippen molar-refractivity contribution in [3.63, 3.8) is 0 Å². The second-order valence-corrected chi connectivity index (χ2v) is 4.50. The van der Waals surface area contributed by atoms with Crippen LogP contribution in [0, 0.1) is 0 Å². The summed E-state index contributed by atoms with van der Waals surface area (Å²) < 4.78 is 0. The molecule has 1 atom stereocenters. The molecule has 0 aliphatic carbocycles. The molecule has 0 radical (unpaired) electrons. The number of nitrogens with zero attached hydrogens (tertiary/aromatic N) is 1. The van der Waals surface area contributed by atoms with Crippen LogP contribution >= 0.6 is 9.24 Å². The number of hydrogen-bond acceptors (Lipinski definition) is 1. The van der Waals surface area contributed by atoms with E-state index in [2.05, 4.69) is 53.4 Å². The van der Waals surface area contributed by atoms with Crippen molar-refractivity contribution in [1.82, 2.24) is 0 Å². The van der Waals surface area contributed by atoms with Crippen molar-refractivity contribution in [3.8, 4) is 0 Å². The molecule has 0 saturated carbocycles. The number of aryl methyl sites for hydroxylation is 1. The molecule has 0 N–H and O–H groups in total.